The molecule has 0 fully saturated rings. The van der Waals surface area contributed by atoms with E-state index in [1.54, 1.807) is 35.7 Å². The van der Waals surface area contributed by atoms with Gasteiger partial charge in [0.1, 0.15) is 6.07 Å². The van der Waals surface area contributed by atoms with Crippen LogP contribution in [0.5, 0.6) is 0 Å². The van der Waals surface area contributed by atoms with E-state index in [2.05, 4.69) is 10.5 Å². The number of nitrogens with zero attached hydrogens (tertiary/aromatic N) is 2. The van der Waals surface area contributed by atoms with Crippen LogP contribution in [0.3, 0.4) is 0 Å². The average Bonchev–Trinajstić information content (AvgIpc) is 2.96. The highest BCUT2D eigenvalue weighted by Crippen LogP contribution is 2.17. The third-order valence-electron chi connectivity index (χ3n) is 2.29. The zero-order valence-corrected chi connectivity index (χ0v) is 12.3. The Morgan fingerprint density at radius 3 is 2.55 bits per heavy atom. The summed E-state index contributed by atoms with van der Waals surface area (Å²) in [4.78, 5) is 0.0562. The minimum Gasteiger partial charge on any atom is -0.277 e. The quantitative estimate of drug-likeness (QED) is 0.534. The molecule has 1 N–H and O–H groups in total. The molecular weight excluding hydrogens is 318 g/mol. The van der Waals surface area contributed by atoms with E-state index in [1.807, 2.05) is 0 Å². The van der Waals surface area contributed by atoms with Crippen molar-refractivity contribution in [2.75, 3.05) is 5.43 Å². The maximum Gasteiger partial charge on any atom is 0.256 e. The molecule has 0 radical (unpaired) electrons. The lowest BCUT2D eigenvalue weighted by atomic mass is 10.3. The number of hydrazone groups is 1. The van der Waals surface area contributed by atoms with Crippen molar-refractivity contribution in [3.8, 4) is 6.07 Å². The van der Waals surface area contributed by atoms with Crippen molar-refractivity contribution < 1.29 is 8.42 Å². The van der Waals surface area contributed by atoms with Gasteiger partial charge in [0, 0.05) is 10.4 Å². The van der Waals surface area contributed by atoms with Crippen LogP contribution < -0.4 is 5.43 Å². The number of hydrogen-bond donors (Lipinski definition) is 1. The standard InChI is InChI=1S/C12H8ClN3O2S2/c13-9-1-3-10(4-2-9)15-16-12(7-14)20(17,18)11-5-6-19-8-11/h1-6,8,15H/b16-12+. The monoisotopic (exact) mass is 325 g/mol. The third kappa shape index (κ3) is 3.17. The molecule has 2 rings (SSSR count). The summed E-state index contributed by atoms with van der Waals surface area (Å²) in [7, 11) is -3.88. The summed E-state index contributed by atoms with van der Waals surface area (Å²) in [5.74, 6) is 0. The SMILES string of the molecule is N#C/C(=N\Nc1ccc(Cl)cc1)S(=O)(=O)c1ccsc1. The predicted octanol–water partition coefficient (Wildman–Crippen LogP) is 3.12. The molecule has 0 spiro atoms. The second-order valence-electron chi connectivity index (χ2n) is 3.61. The highest BCUT2D eigenvalue weighted by atomic mass is 35.5. The Balaban J connectivity index is 2.27. The van der Waals surface area contributed by atoms with Gasteiger partial charge in [0.15, 0.2) is 0 Å². The fraction of sp³-hybridized carbons (Fsp3) is 0. The van der Waals surface area contributed by atoms with Gasteiger partial charge in [0.05, 0.1) is 10.6 Å². The van der Waals surface area contributed by atoms with Gasteiger partial charge in [0.25, 0.3) is 5.04 Å². The summed E-state index contributed by atoms with van der Waals surface area (Å²) in [5, 5.41) is 15.6. The Hall–Kier alpha value is -1.88. The van der Waals surface area contributed by atoms with Crippen molar-refractivity contribution in [3.05, 3.63) is 46.1 Å². The third-order valence-corrected chi connectivity index (χ3v) is 4.94. The van der Waals surface area contributed by atoms with Gasteiger partial charge in [-0.25, -0.2) is 8.42 Å². The first-order valence-electron chi connectivity index (χ1n) is 5.30. The number of anilines is 1. The molecule has 0 unspecified atom stereocenters. The summed E-state index contributed by atoms with van der Waals surface area (Å²) in [6.45, 7) is 0. The first-order chi connectivity index (χ1) is 9.54. The van der Waals surface area contributed by atoms with Crippen LogP contribution in [0, 0.1) is 11.3 Å². The van der Waals surface area contributed by atoms with Crippen LogP contribution in [0.2, 0.25) is 5.02 Å². The lowest BCUT2D eigenvalue weighted by Crippen LogP contribution is -2.14. The van der Waals surface area contributed by atoms with E-state index < -0.39 is 14.9 Å². The van der Waals surface area contributed by atoms with Crippen molar-refractivity contribution in [3.63, 3.8) is 0 Å². The van der Waals surface area contributed by atoms with E-state index in [0.29, 0.717) is 10.7 Å². The van der Waals surface area contributed by atoms with Crippen molar-refractivity contribution in [1.82, 2.24) is 0 Å². The smallest absolute Gasteiger partial charge is 0.256 e. The van der Waals surface area contributed by atoms with E-state index in [0.717, 1.165) is 0 Å². The fourth-order valence-electron chi connectivity index (χ4n) is 1.30. The molecule has 0 bridgehead atoms. The van der Waals surface area contributed by atoms with Gasteiger partial charge >= 0.3 is 0 Å². The molecule has 0 aliphatic heterocycles. The number of halogens is 1. The summed E-state index contributed by atoms with van der Waals surface area (Å²) in [6.07, 6.45) is 0. The van der Waals surface area contributed by atoms with Gasteiger partial charge in [-0.2, -0.15) is 21.7 Å². The Morgan fingerprint density at radius 1 is 1.30 bits per heavy atom. The van der Waals surface area contributed by atoms with Gasteiger partial charge in [-0.15, -0.1) is 0 Å². The molecule has 1 aromatic carbocycles. The molecule has 0 atom stereocenters. The molecular formula is C12H8ClN3O2S2. The van der Waals surface area contributed by atoms with Crippen LogP contribution in [-0.2, 0) is 9.84 Å². The van der Waals surface area contributed by atoms with Crippen LogP contribution in [-0.4, -0.2) is 13.5 Å². The number of benzene rings is 1. The lowest BCUT2D eigenvalue weighted by Gasteiger charge is -2.02. The predicted molar refractivity (Wildman–Crippen MR) is 79.6 cm³/mol. The maximum atomic E-state index is 12.1. The Bertz CT molecular complexity index is 760. The summed E-state index contributed by atoms with van der Waals surface area (Å²) in [5.41, 5.74) is 3.05. The molecule has 5 nitrogen and oxygen atoms in total. The minimum atomic E-state index is -3.88. The lowest BCUT2D eigenvalue weighted by molar-refractivity contribution is 0.607. The molecule has 8 heteroatoms. The van der Waals surface area contributed by atoms with E-state index >= 15 is 0 Å². The minimum absolute atomic E-state index is 0.0562. The van der Waals surface area contributed by atoms with Gasteiger partial charge in [-0.1, -0.05) is 11.6 Å². The molecule has 0 amide bonds. The van der Waals surface area contributed by atoms with Crippen LogP contribution in [0.4, 0.5) is 5.69 Å². The zero-order chi connectivity index (χ0) is 14.6. The van der Waals surface area contributed by atoms with E-state index in [-0.39, 0.29) is 4.90 Å². The molecule has 1 aromatic heterocycles. The largest absolute Gasteiger partial charge is 0.277 e. The number of rotatable bonds is 3. The molecule has 1 heterocycles. The molecule has 20 heavy (non-hydrogen) atoms. The van der Waals surface area contributed by atoms with Gasteiger partial charge in [-0.05, 0) is 35.7 Å². The Labute approximate surface area is 125 Å². The van der Waals surface area contributed by atoms with Crippen molar-refractivity contribution in [1.29, 1.82) is 5.26 Å². The first kappa shape index (κ1) is 14.5. The van der Waals surface area contributed by atoms with Gasteiger partial charge in [0.2, 0.25) is 9.84 Å². The topological polar surface area (TPSA) is 82.3 Å². The number of nitrogens with one attached hydrogen (secondary N) is 1. The van der Waals surface area contributed by atoms with E-state index in [4.69, 9.17) is 16.9 Å². The van der Waals surface area contributed by atoms with Crippen molar-refractivity contribution in [2.45, 2.75) is 4.90 Å². The van der Waals surface area contributed by atoms with Crippen LogP contribution >= 0.6 is 22.9 Å². The average molecular weight is 326 g/mol. The normalized spacial score (nSPS) is 11.9. The number of nitriles is 1. The molecule has 0 aliphatic rings. The first-order valence-corrected chi connectivity index (χ1v) is 8.11. The Morgan fingerprint density at radius 2 is 2.00 bits per heavy atom. The molecule has 0 saturated carbocycles. The van der Waals surface area contributed by atoms with Crippen LogP contribution in [0.15, 0.2) is 51.1 Å². The number of thiophene rings is 1. The van der Waals surface area contributed by atoms with Gasteiger partial charge in [-0.3, -0.25) is 5.43 Å². The highest BCUT2D eigenvalue weighted by molar-refractivity contribution is 8.07. The second kappa shape index (κ2) is 6.05. The van der Waals surface area contributed by atoms with E-state index in [1.165, 1.54) is 22.8 Å². The summed E-state index contributed by atoms with van der Waals surface area (Å²) in [6, 6.07) is 9.51. The number of sulfone groups is 1. The summed E-state index contributed by atoms with van der Waals surface area (Å²) < 4.78 is 24.2. The maximum absolute atomic E-state index is 12.1. The molecule has 0 aliphatic carbocycles. The second-order valence-corrected chi connectivity index (χ2v) is 6.69. The van der Waals surface area contributed by atoms with E-state index in [9.17, 15) is 8.42 Å². The Kier molecular flexibility index (Phi) is 4.39. The van der Waals surface area contributed by atoms with Gasteiger partial charge < -0.3 is 0 Å². The van der Waals surface area contributed by atoms with Crippen molar-refractivity contribution >= 4 is 43.5 Å². The van der Waals surface area contributed by atoms with Crippen LogP contribution in [0.25, 0.3) is 0 Å². The fourth-order valence-corrected chi connectivity index (χ4v) is 3.46. The molecule has 0 saturated heterocycles. The zero-order valence-electron chi connectivity index (χ0n) is 9.95. The summed E-state index contributed by atoms with van der Waals surface area (Å²) >= 11 is 6.96. The van der Waals surface area contributed by atoms with Crippen LogP contribution in [0.1, 0.15) is 0 Å². The van der Waals surface area contributed by atoms with Crippen molar-refractivity contribution in [2.24, 2.45) is 5.10 Å². The molecule has 102 valence electrons. The molecule has 2 aromatic rings. The highest BCUT2D eigenvalue weighted by Gasteiger charge is 2.23. The number of hydrogen-bond acceptors (Lipinski definition) is 6.